The summed E-state index contributed by atoms with van der Waals surface area (Å²) >= 11 is 0. The smallest absolute Gasteiger partial charge is 0.275 e. The van der Waals surface area contributed by atoms with Crippen LogP contribution in [-0.2, 0) is 6.42 Å². The molecule has 5 nitrogen and oxygen atoms in total. The van der Waals surface area contributed by atoms with Gasteiger partial charge in [0.25, 0.3) is 5.91 Å². The summed E-state index contributed by atoms with van der Waals surface area (Å²) in [5.41, 5.74) is 6.26. The first kappa shape index (κ1) is 17.1. The Bertz CT molecular complexity index is 1090. The van der Waals surface area contributed by atoms with Gasteiger partial charge in [0.05, 0.1) is 11.3 Å². The third kappa shape index (κ3) is 3.12. The molecule has 1 amide bonds. The number of nitrogens with one attached hydrogen (secondary N) is 1. The van der Waals surface area contributed by atoms with E-state index >= 15 is 0 Å². The molecule has 5 heteroatoms. The number of aryl methyl sites for hydroxylation is 1. The number of phenols is 2. The van der Waals surface area contributed by atoms with Crippen molar-refractivity contribution in [2.24, 2.45) is 5.10 Å². The summed E-state index contributed by atoms with van der Waals surface area (Å²) in [6.07, 6.45) is 2.47. The number of fused-ring (bicyclic) bond motifs is 2. The SMILES string of the molecule is Cc1ccc(O)c2c1CCC/C2=N\NC(=O)c1cc2ccccc2cc1O. The molecule has 0 radical (unpaired) electrons. The van der Waals surface area contributed by atoms with Crippen LogP contribution in [0.3, 0.4) is 0 Å². The first-order valence-electron chi connectivity index (χ1n) is 8.95. The first-order chi connectivity index (χ1) is 13.0. The van der Waals surface area contributed by atoms with E-state index in [0.717, 1.165) is 34.7 Å². The van der Waals surface area contributed by atoms with E-state index in [0.29, 0.717) is 17.7 Å². The Labute approximate surface area is 157 Å². The minimum Gasteiger partial charge on any atom is -0.507 e. The summed E-state index contributed by atoms with van der Waals surface area (Å²) in [7, 11) is 0. The van der Waals surface area contributed by atoms with Crippen LogP contribution in [0.2, 0.25) is 0 Å². The fourth-order valence-corrected chi connectivity index (χ4v) is 3.64. The molecule has 0 spiro atoms. The molecule has 0 saturated carbocycles. The third-order valence-corrected chi connectivity index (χ3v) is 5.06. The van der Waals surface area contributed by atoms with Crippen LogP contribution in [0.25, 0.3) is 10.8 Å². The summed E-state index contributed by atoms with van der Waals surface area (Å²) in [5, 5.41) is 26.5. The van der Waals surface area contributed by atoms with Gasteiger partial charge in [-0.25, -0.2) is 5.43 Å². The predicted molar refractivity (Wildman–Crippen MR) is 105 cm³/mol. The van der Waals surface area contributed by atoms with Crippen LogP contribution >= 0.6 is 0 Å². The molecule has 0 unspecified atom stereocenters. The Balaban J connectivity index is 1.66. The molecule has 1 aliphatic rings. The van der Waals surface area contributed by atoms with E-state index in [9.17, 15) is 15.0 Å². The fraction of sp³-hybridized carbons (Fsp3) is 0.182. The number of hydrazone groups is 1. The van der Waals surface area contributed by atoms with Crippen molar-refractivity contribution >= 4 is 22.4 Å². The second-order valence-electron chi connectivity index (χ2n) is 6.82. The highest BCUT2D eigenvalue weighted by molar-refractivity contribution is 6.07. The van der Waals surface area contributed by atoms with Gasteiger partial charge in [0, 0.05) is 5.56 Å². The van der Waals surface area contributed by atoms with E-state index in [1.807, 2.05) is 37.3 Å². The largest absolute Gasteiger partial charge is 0.507 e. The third-order valence-electron chi connectivity index (χ3n) is 5.06. The van der Waals surface area contributed by atoms with Gasteiger partial charge in [-0.2, -0.15) is 5.10 Å². The number of amides is 1. The normalized spacial score (nSPS) is 14.9. The van der Waals surface area contributed by atoms with Crippen molar-refractivity contribution in [3.05, 3.63) is 70.8 Å². The Morgan fingerprint density at radius 2 is 1.74 bits per heavy atom. The molecule has 0 heterocycles. The van der Waals surface area contributed by atoms with Crippen LogP contribution in [0.15, 0.2) is 53.6 Å². The molecule has 0 bridgehead atoms. The van der Waals surface area contributed by atoms with E-state index in [1.165, 1.54) is 0 Å². The predicted octanol–water partition coefficient (Wildman–Crippen LogP) is 4.03. The van der Waals surface area contributed by atoms with Crippen LogP contribution in [0.5, 0.6) is 11.5 Å². The molecule has 136 valence electrons. The molecular formula is C22H20N2O3. The minimum atomic E-state index is -0.481. The maximum Gasteiger partial charge on any atom is 0.275 e. The lowest BCUT2D eigenvalue weighted by molar-refractivity contribution is 0.0952. The molecule has 0 fully saturated rings. The molecule has 0 aromatic heterocycles. The Morgan fingerprint density at radius 3 is 2.52 bits per heavy atom. The van der Waals surface area contributed by atoms with Crippen molar-refractivity contribution < 1.29 is 15.0 Å². The molecule has 27 heavy (non-hydrogen) atoms. The monoisotopic (exact) mass is 360 g/mol. The standard InChI is InChI=1S/C22H20N2O3/c1-13-9-10-19(25)21-16(13)7-4-8-18(21)23-24-22(27)17-11-14-5-2-3-6-15(14)12-20(17)26/h2-3,5-6,9-12,25-26H,4,7-8H2,1H3,(H,24,27)/b23-18+. The van der Waals surface area contributed by atoms with E-state index in [-0.39, 0.29) is 17.1 Å². The van der Waals surface area contributed by atoms with Crippen molar-refractivity contribution in [2.45, 2.75) is 26.2 Å². The highest BCUT2D eigenvalue weighted by Crippen LogP contribution is 2.31. The lowest BCUT2D eigenvalue weighted by atomic mass is 9.86. The van der Waals surface area contributed by atoms with Gasteiger partial charge < -0.3 is 10.2 Å². The Kier molecular flexibility index (Phi) is 4.28. The lowest BCUT2D eigenvalue weighted by Gasteiger charge is -2.21. The number of hydrogen-bond acceptors (Lipinski definition) is 4. The van der Waals surface area contributed by atoms with Crippen molar-refractivity contribution in [1.29, 1.82) is 0 Å². The fourth-order valence-electron chi connectivity index (χ4n) is 3.64. The zero-order valence-corrected chi connectivity index (χ0v) is 15.0. The summed E-state index contributed by atoms with van der Waals surface area (Å²) in [4.78, 5) is 12.6. The van der Waals surface area contributed by atoms with Gasteiger partial charge in [-0.15, -0.1) is 0 Å². The average molecular weight is 360 g/mol. The molecular weight excluding hydrogens is 340 g/mol. The molecule has 0 saturated heterocycles. The van der Waals surface area contributed by atoms with E-state index < -0.39 is 5.91 Å². The van der Waals surface area contributed by atoms with Gasteiger partial charge in [-0.05, 0) is 66.3 Å². The van der Waals surface area contributed by atoms with Gasteiger partial charge >= 0.3 is 0 Å². The molecule has 3 N–H and O–H groups in total. The van der Waals surface area contributed by atoms with Crippen LogP contribution < -0.4 is 5.43 Å². The number of phenolic OH excluding ortho intramolecular Hbond substituents is 2. The summed E-state index contributed by atoms with van der Waals surface area (Å²) in [5.74, 6) is -0.393. The number of carbonyl (C=O) groups excluding carboxylic acids is 1. The van der Waals surface area contributed by atoms with Crippen LogP contribution in [-0.4, -0.2) is 21.8 Å². The van der Waals surface area contributed by atoms with E-state index in [2.05, 4.69) is 10.5 Å². The zero-order chi connectivity index (χ0) is 19.0. The maximum absolute atomic E-state index is 12.6. The molecule has 0 atom stereocenters. The van der Waals surface area contributed by atoms with Crippen LogP contribution in [0.4, 0.5) is 0 Å². The van der Waals surface area contributed by atoms with E-state index in [4.69, 9.17) is 0 Å². The maximum atomic E-state index is 12.6. The Morgan fingerprint density at radius 1 is 1.00 bits per heavy atom. The van der Waals surface area contributed by atoms with Crippen molar-refractivity contribution in [2.75, 3.05) is 0 Å². The van der Waals surface area contributed by atoms with Gasteiger partial charge in [0.15, 0.2) is 0 Å². The molecule has 1 aliphatic carbocycles. The summed E-state index contributed by atoms with van der Waals surface area (Å²) < 4.78 is 0. The van der Waals surface area contributed by atoms with Crippen LogP contribution in [0.1, 0.15) is 39.9 Å². The molecule has 0 aliphatic heterocycles. The summed E-state index contributed by atoms with van der Waals surface area (Å²) in [6.45, 7) is 2.01. The number of nitrogens with zero attached hydrogens (tertiary/aromatic N) is 1. The first-order valence-corrected chi connectivity index (χ1v) is 8.95. The number of aromatic hydroxyl groups is 2. The number of rotatable bonds is 2. The van der Waals surface area contributed by atoms with Crippen molar-refractivity contribution in [3.8, 4) is 11.5 Å². The Hall–Kier alpha value is -3.34. The highest BCUT2D eigenvalue weighted by atomic mass is 16.3. The second kappa shape index (κ2) is 6.76. The van der Waals surface area contributed by atoms with Gasteiger partial charge in [-0.1, -0.05) is 30.3 Å². The molecule has 3 aromatic carbocycles. The highest BCUT2D eigenvalue weighted by Gasteiger charge is 2.21. The lowest BCUT2D eigenvalue weighted by Crippen LogP contribution is -2.22. The molecule has 4 rings (SSSR count). The second-order valence-corrected chi connectivity index (χ2v) is 6.82. The topological polar surface area (TPSA) is 81.9 Å². The number of carbonyl (C=O) groups is 1. The number of hydrogen-bond donors (Lipinski definition) is 3. The van der Waals surface area contributed by atoms with E-state index in [1.54, 1.807) is 18.2 Å². The van der Waals surface area contributed by atoms with Gasteiger partial charge in [-0.3, -0.25) is 4.79 Å². The molecule has 3 aromatic rings. The van der Waals surface area contributed by atoms with Crippen molar-refractivity contribution in [3.63, 3.8) is 0 Å². The average Bonchev–Trinajstić information content (AvgIpc) is 2.68. The minimum absolute atomic E-state index is 0.0888. The van der Waals surface area contributed by atoms with Gasteiger partial charge in [0.2, 0.25) is 0 Å². The summed E-state index contributed by atoms with van der Waals surface area (Å²) in [6, 6.07) is 14.3. The number of benzene rings is 3. The van der Waals surface area contributed by atoms with Crippen molar-refractivity contribution in [1.82, 2.24) is 5.43 Å². The van der Waals surface area contributed by atoms with Crippen LogP contribution in [0, 0.1) is 6.92 Å². The quantitative estimate of drug-likeness (QED) is 0.604. The zero-order valence-electron chi connectivity index (χ0n) is 15.0. The van der Waals surface area contributed by atoms with Gasteiger partial charge in [0.1, 0.15) is 11.5 Å².